The molecule has 2 aliphatic rings. The first-order chi connectivity index (χ1) is 16.7. The third-order valence-corrected chi connectivity index (χ3v) is 7.63. The summed E-state index contributed by atoms with van der Waals surface area (Å²) in [5.41, 5.74) is 7.72. The van der Waals surface area contributed by atoms with Gasteiger partial charge in [-0.3, -0.25) is 4.79 Å². The van der Waals surface area contributed by atoms with E-state index < -0.39 is 5.54 Å². The number of hydrogen-bond donors (Lipinski definition) is 2. The number of nitrogens with one attached hydrogen (secondary N) is 1. The molecule has 0 aliphatic carbocycles. The predicted octanol–water partition coefficient (Wildman–Crippen LogP) is 4.31. The molecular formula is C29H36N4O. The largest absolute Gasteiger partial charge is 0.336 e. The molecule has 2 saturated heterocycles. The van der Waals surface area contributed by atoms with Gasteiger partial charge in [0.25, 0.3) is 0 Å². The Morgan fingerprint density at radius 1 is 0.882 bits per heavy atom. The predicted molar refractivity (Wildman–Crippen MR) is 140 cm³/mol. The highest BCUT2D eigenvalue weighted by Crippen LogP contribution is 2.43. The summed E-state index contributed by atoms with van der Waals surface area (Å²) in [7, 11) is 0. The number of nitrogens with two attached hydrogens (primary N) is 1. The zero-order valence-electron chi connectivity index (χ0n) is 20.0. The lowest BCUT2D eigenvalue weighted by molar-refractivity contribution is -0.134. The van der Waals surface area contributed by atoms with Gasteiger partial charge in [0, 0.05) is 18.7 Å². The maximum Gasteiger partial charge on any atom is 0.250 e. The van der Waals surface area contributed by atoms with Gasteiger partial charge in [-0.1, -0.05) is 67.1 Å². The van der Waals surface area contributed by atoms with Gasteiger partial charge >= 0.3 is 0 Å². The molecule has 0 radical (unpaired) electrons. The molecule has 2 aliphatic heterocycles. The first kappa shape index (κ1) is 22.9. The summed E-state index contributed by atoms with van der Waals surface area (Å²) < 4.78 is 0. The molecule has 3 N–H and O–H groups in total. The zero-order chi connectivity index (χ0) is 23.4. The number of rotatable bonds is 8. The molecule has 5 rings (SSSR count). The summed E-state index contributed by atoms with van der Waals surface area (Å²) in [4.78, 5) is 18.9. The molecule has 1 unspecified atom stereocenters. The lowest BCUT2D eigenvalue weighted by atomic mass is 9.86. The van der Waals surface area contributed by atoms with Crippen molar-refractivity contribution >= 4 is 22.4 Å². The van der Waals surface area contributed by atoms with Crippen LogP contribution in [0, 0.1) is 0 Å². The van der Waals surface area contributed by atoms with E-state index in [4.69, 9.17) is 5.73 Å². The Bertz CT molecular complexity index is 1100. The van der Waals surface area contributed by atoms with Gasteiger partial charge in [0.2, 0.25) is 5.91 Å². The molecule has 178 valence electrons. The quantitative estimate of drug-likeness (QED) is 0.496. The second-order valence-corrected chi connectivity index (χ2v) is 9.66. The van der Waals surface area contributed by atoms with Crippen molar-refractivity contribution in [2.45, 2.75) is 50.2 Å². The fourth-order valence-corrected chi connectivity index (χ4v) is 5.96. The fourth-order valence-electron chi connectivity index (χ4n) is 5.96. The van der Waals surface area contributed by atoms with Gasteiger partial charge in [-0.05, 0) is 73.8 Å². The van der Waals surface area contributed by atoms with Crippen LogP contribution in [0.3, 0.4) is 0 Å². The van der Waals surface area contributed by atoms with Crippen LogP contribution >= 0.6 is 0 Å². The number of carbonyl (C=O) groups is 1. The molecular weight excluding hydrogens is 420 g/mol. The number of benzene rings is 3. The van der Waals surface area contributed by atoms with Crippen LogP contribution in [-0.4, -0.2) is 48.7 Å². The summed E-state index contributed by atoms with van der Waals surface area (Å²) in [6, 6.07) is 25.7. The van der Waals surface area contributed by atoms with Crippen LogP contribution in [-0.2, 0) is 11.2 Å². The van der Waals surface area contributed by atoms with E-state index in [2.05, 4.69) is 87.9 Å². The minimum Gasteiger partial charge on any atom is -0.336 e. The SMILES string of the molecule is NCCCCCN1C(=O)C2(CCNCC2)N(c2ccccc2)C1Cc1cccc2ccccc12. The molecule has 1 spiro atoms. The highest BCUT2D eigenvalue weighted by Gasteiger charge is 2.57. The molecule has 3 aromatic rings. The average Bonchev–Trinajstić information content (AvgIpc) is 3.09. The minimum absolute atomic E-state index is 0.00307. The van der Waals surface area contributed by atoms with Gasteiger partial charge in [-0.25, -0.2) is 0 Å². The van der Waals surface area contributed by atoms with E-state index in [-0.39, 0.29) is 6.17 Å². The highest BCUT2D eigenvalue weighted by molar-refractivity contribution is 5.95. The summed E-state index contributed by atoms with van der Waals surface area (Å²) >= 11 is 0. The molecule has 1 atom stereocenters. The third kappa shape index (κ3) is 4.19. The molecule has 5 heteroatoms. The first-order valence-corrected chi connectivity index (χ1v) is 12.8. The lowest BCUT2D eigenvalue weighted by Crippen LogP contribution is -2.57. The monoisotopic (exact) mass is 456 g/mol. The number of carbonyl (C=O) groups excluding carboxylic acids is 1. The number of fused-ring (bicyclic) bond motifs is 1. The maximum atomic E-state index is 14.2. The number of unbranched alkanes of at least 4 members (excludes halogenated alkanes) is 2. The van der Waals surface area contributed by atoms with Crippen molar-refractivity contribution in [3.63, 3.8) is 0 Å². The molecule has 2 fully saturated rings. The molecule has 0 saturated carbocycles. The van der Waals surface area contributed by atoms with E-state index in [0.717, 1.165) is 63.8 Å². The summed E-state index contributed by atoms with van der Waals surface area (Å²) in [6.07, 6.45) is 5.55. The van der Waals surface area contributed by atoms with E-state index >= 15 is 0 Å². The Hall–Kier alpha value is -2.89. The number of amides is 1. The first-order valence-electron chi connectivity index (χ1n) is 12.8. The van der Waals surface area contributed by atoms with E-state index in [9.17, 15) is 4.79 Å². The number of anilines is 1. The van der Waals surface area contributed by atoms with Crippen molar-refractivity contribution in [2.24, 2.45) is 5.73 Å². The number of para-hydroxylation sites is 1. The van der Waals surface area contributed by atoms with Gasteiger partial charge in [0.05, 0.1) is 0 Å². The van der Waals surface area contributed by atoms with Gasteiger partial charge in [0.15, 0.2) is 0 Å². The van der Waals surface area contributed by atoms with E-state index in [1.807, 2.05) is 0 Å². The second kappa shape index (κ2) is 10.2. The molecule has 1 amide bonds. The van der Waals surface area contributed by atoms with E-state index in [1.54, 1.807) is 0 Å². The topological polar surface area (TPSA) is 61.6 Å². The van der Waals surface area contributed by atoms with Gasteiger partial charge in [-0.2, -0.15) is 0 Å². The van der Waals surface area contributed by atoms with Crippen LogP contribution in [0.1, 0.15) is 37.7 Å². The standard InChI is InChI=1S/C29H36N4O/c30-18-7-2-8-21-32-27(22-24-12-9-11-23-10-5-6-15-26(23)24)33(25-13-3-1-4-14-25)29(28(32)34)16-19-31-20-17-29/h1,3-6,9-15,27,31H,2,7-8,16-22,30H2. The van der Waals surface area contributed by atoms with Gasteiger partial charge < -0.3 is 20.9 Å². The summed E-state index contributed by atoms with van der Waals surface area (Å²) in [5.74, 6) is 0.302. The smallest absolute Gasteiger partial charge is 0.250 e. The molecule has 0 bridgehead atoms. The van der Waals surface area contributed by atoms with Crippen molar-refractivity contribution < 1.29 is 4.79 Å². The van der Waals surface area contributed by atoms with Crippen LogP contribution in [0.15, 0.2) is 72.8 Å². The summed E-state index contributed by atoms with van der Waals surface area (Å²) in [6.45, 7) is 3.24. The normalized spacial score (nSPS) is 19.9. The Balaban J connectivity index is 1.57. The van der Waals surface area contributed by atoms with Crippen molar-refractivity contribution in [1.29, 1.82) is 0 Å². The van der Waals surface area contributed by atoms with Crippen LogP contribution in [0.2, 0.25) is 0 Å². The Morgan fingerprint density at radius 2 is 1.62 bits per heavy atom. The molecule has 2 heterocycles. The van der Waals surface area contributed by atoms with E-state index in [0.29, 0.717) is 12.5 Å². The Labute approximate surface area is 202 Å². The Kier molecular flexibility index (Phi) is 6.84. The minimum atomic E-state index is -0.476. The second-order valence-electron chi connectivity index (χ2n) is 9.66. The van der Waals surface area contributed by atoms with Crippen LogP contribution in [0.4, 0.5) is 5.69 Å². The lowest BCUT2D eigenvalue weighted by Gasteiger charge is -2.42. The van der Waals surface area contributed by atoms with Crippen molar-refractivity contribution in [2.75, 3.05) is 31.1 Å². The van der Waals surface area contributed by atoms with Crippen molar-refractivity contribution in [1.82, 2.24) is 10.2 Å². The molecule has 3 aromatic carbocycles. The zero-order valence-corrected chi connectivity index (χ0v) is 20.0. The maximum absolute atomic E-state index is 14.2. The van der Waals surface area contributed by atoms with Crippen LogP contribution < -0.4 is 16.0 Å². The van der Waals surface area contributed by atoms with Crippen LogP contribution in [0.5, 0.6) is 0 Å². The molecule has 34 heavy (non-hydrogen) atoms. The Morgan fingerprint density at radius 3 is 2.41 bits per heavy atom. The molecule has 0 aromatic heterocycles. The van der Waals surface area contributed by atoms with E-state index in [1.165, 1.54) is 16.3 Å². The fraction of sp³-hybridized carbons (Fsp3) is 0.414. The highest BCUT2D eigenvalue weighted by atomic mass is 16.2. The van der Waals surface area contributed by atoms with Gasteiger partial charge in [0.1, 0.15) is 11.7 Å². The average molecular weight is 457 g/mol. The van der Waals surface area contributed by atoms with Crippen LogP contribution in [0.25, 0.3) is 10.8 Å². The van der Waals surface area contributed by atoms with Crippen molar-refractivity contribution in [3.05, 3.63) is 78.4 Å². The number of nitrogens with zero attached hydrogens (tertiary/aromatic N) is 2. The number of hydrogen-bond acceptors (Lipinski definition) is 4. The van der Waals surface area contributed by atoms with Crippen molar-refractivity contribution in [3.8, 4) is 0 Å². The third-order valence-electron chi connectivity index (χ3n) is 7.63. The van der Waals surface area contributed by atoms with Gasteiger partial charge in [-0.15, -0.1) is 0 Å². The summed E-state index contributed by atoms with van der Waals surface area (Å²) in [5, 5.41) is 6.01. The number of piperidine rings is 1. The molecule has 5 nitrogen and oxygen atoms in total.